The third-order valence-electron chi connectivity index (χ3n) is 0.893. The predicted octanol–water partition coefficient (Wildman–Crippen LogP) is 0.604. The summed E-state index contributed by atoms with van der Waals surface area (Å²) in [6, 6.07) is 4.38. The van der Waals surface area contributed by atoms with Crippen LogP contribution in [0.15, 0.2) is 12.1 Å². The van der Waals surface area contributed by atoms with Crippen molar-refractivity contribution >= 4 is 0 Å². The van der Waals surface area contributed by atoms with Crippen LogP contribution in [0.4, 0.5) is 0 Å². The summed E-state index contributed by atoms with van der Waals surface area (Å²) in [6.07, 6.45) is 0. The van der Waals surface area contributed by atoms with Gasteiger partial charge in [-0.2, -0.15) is 0 Å². The molecule has 0 aliphatic rings. The van der Waals surface area contributed by atoms with E-state index >= 15 is 0 Å². The number of hydrogen-bond acceptors (Lipinski definition) is 3. The van der Waals surface area contributed by atoms with Crippen LogP contribution >= 0.6 is 0 Å². The monoisotopic (exact) mass is 125 g/mol. The molecule has 3 N–H and O–H groups in total. The van der Waals surface area contributed by atoms with Crippen LogP contribution in [-0.2, 0) is 0 Å². The lowest BCUT2D eigenvalue weighted by atomic mass is 10.3. The van der Waals surface area contributed by atoms with Crippen LogP contribution in [0.1, 0.15) is 0 Å². The first-order valence-corrected chi connectivity index (χ1v) is 2.33. The normalized spacial score (nSPS) is 9.33. The summed E-state index contributed by atoms with van der Waals surface area (Å²) in [4.78, 5) is 0. The van der Waals surface area contributed by atoms with E-state index < -0.39 is 0 Å². The molecule has 1 aromatic carbocycles. The molecule has 0 saturated heterocycles. The molecule has 47 valence electrons. The topological polar surface area (TPSA) is 60.7 Å². The molecule has 9 heavy (non-hydrogen) atoms. The summed E-state index contributed by atoms with van der Waals surface area (Å²) in [7, 11) is 0. The van der Waals surface area contributed by atoms with Gasteiger partial charge >= 0.3 is 0 Å². The number of benzene rings is 1. The van der Waals surface area contributed by atoms with E-state index in [1.807, 2.05) is 0 Å². The highest BCUT2D eigenvalue weighted by molar-refractivity contribution is 5.41. The number of rotatable bonds is 0. The maximum atomic E-state index is 8.67. The van der Waals surface area contributed by atoms with Crippen LogP contribution in [0, 0.1) is 6.07 Å². The minimum atomic E-state index is -0.341. The smallest absolute Gasteiger partial charge is 0.161 e. The molecule has 1 radical (unpaired) electrons. The van der Waals surface area contributed by atoms with Gasteiger partial charge in [0.1, 0.15) is 5.75 Å². The number of phenols is 3. The van der Waals surface area contributed by atoms with Crippen LogP contribution in [0.2, 0.25) is 0 Å². The second kappa shape index (κ2) is 1.85. The lowest BCUT2D eigenvalue weighted by molar-refractivity contribution is 0.396. The first kappa shape index (κ1) is 5.75. The van der Waals surface area contributed by atoms with Gasteiger partial charge in [0, 0.05) is 12.1 Å². The number of phenolic OH excluding ortho intramolecular Hbond substituents is 3. The fourth-order valence-electron chi connectivity index (χ4n) is 0.461. The molecule has 0 spiro atoms. The minimum absolute atomic E-state index is 0.190. The molecular weight excluding hydrogens is 120 g/mol. The number of hydrogen-bond donors (Lipinski definition) is 3. The minimum Gasteiger partial charge on any atom is -0.507 e. The Balaban J connectivity index is 3.17. The van der Waals surface area contributed by atoms with Crippen molar-refractivity contribution < 1.29 is 15.3 Å². The highest BCUT2D eigenvalue weighted by atomic mass is 16.3. The van der Waals surface area contributed by atoms with E-state index in [0.717, 1.165) is 12.1 Å². The van der Waals surface area contributed by atoms with Gasteiger partial charge in [-0.05, 0) is 6.07 Å². The molecule has 1 aromatic rings. The average Bonchev–Trinajstić information content (AvgIpc) is 1.80. The highest BCUT2D eigenvalue weighted by Gasteiger charge is 1.97. The van der Waals surface area contributed by atoms with E-state index in [4.69, 9.17) is 15.3 Å². The first-order valence-electron chi connectivity index (χ1n) is 2.33. The third kappa shape index (κ3) is 1.05. The van der Waals surface area contributed by atoms with Gasteiger partial charge < -0.3 is 15.3 Å². The summed E-state index contributed by atoms with van der Waals surface area (Å²) in [5.41, 5.74) is 0. The quantitative estimate of drug-likeness (QED) is 0.351. The van der Waals surface area contributed by atoms with E-state index in [1.165, 1.54) is 0 Å². The van der Waals surface area contributed by atoms with Gasteiger partial charge in [-0.3, -0.25) is 0 Å². The molecule has 0 aliphatic heterocycles. The van der Waals surface area contributed by atoms with Crippen LogP contribution in [-0.4, -0.2) is 15.3 Å². The summed E-state index contributed by atoms with van der Waals surface area (Å²) in [6.45, 7) is 0. The van der Waals surface area contributed by atoms with Gasteiger partial charge in [0.15, 0.2) is 11.5 Å². The molecule has 3 heteroatoms. The third-order valence-corrected chi connectivity index (χ3v) is 0.893. The summed E-state index contributed by atoms with van der Waals surface area (Å²) in [5.74, 6) is -0.815. The van der Waals surface area contributed by atoms with Crippen molar-refractivity contribution in [3.63, 3.8) is 0 Å². The molecule has 1 rings (SSSR count). The van der Waals surface area contributed by atoms with Crippen LogP contribution in [0.5, 0.6) is 17.2 Å². The van der Waals surface area contributed by atoms with E-state index in [2.05, 4.69) is 6.07 Å². The average molecular weight is 125 g/mol. The van der Waals surface area contributed by atoms with Gasteiger partial charge in [-0.1, -0.05) is 0 Å². The summed E-state index contributed by atoms with van der Waals surface area (Å²) < 4.78 is 0. The first-order chi connectivity index (χ1) is 4.20. The molecule has 0 heterocycles. The maximum Gasteiger partial charge on any atom is 0.161 e. The van der Waals surface area contributed by atoms with Crippen molar-refractivity contribution in [2.24, 2.45) is 0 Å². The standard InChI is InChI=1S/C6H5O3/c7-4-1-2-5(8)6(9)3-4/h2-3,7-9H. The summed E-state index contributed by atoms with van der Waals surface area (Å²) >= 11 is 0. The molecule has 0 fully saturated rings. The van der Waals surface area contributed by atoms with Crippen LogP contribution in [0.25, 0.3) is 0 Å². The second-order valence-electron chi connectivity index (χ2n) is 1.59. The zero-order valence-electron chi connectivity index (χ0n) is 4.50. The van der Waals surface area contributed by atoms with Crippen LogP contribution in [0.3, 0.4) is 0 Å². The zero-order valence-corrected chi connectivity index (χ0v) is 4.50. The Morgan fingerprint density at radius 2 is 1.78 bits per heavy atom. The predicted molar refractivity (Wildman–Crippen MR) is 30.3 cm³/mol. The molecule has 0 aliphatic carbocycles. The van der Waals surface area contributed by atoms with Crippen molar-refractivity contribution in [2.45, 2.75) is 0 Å². The van der Waals surface area contributed by atoms with Gasteiger partial charge in [0.05, 0.1) is 0 Å². The fraction of sp³-hybridized carbons (Fsp3) is 0. The molecule has 0 amide bonds. The van der Waals surface area contributed by atoms with E-state index in [-0.39, 0.29) is 17.2 Å². The van der Waals surface area contributed by atoms with E-state index in [1.54, 1.807) is 0 Å². The van der Waals surface area contributed by atoms with Crippen molar-refractivity contribution in [1.82, 2.24) is 0 Å². The SMILES string of the molecule is Oc1[c]cc(O)c(O)c1. The van der Waals surface area contributed by atoms with Crippen molar-refractivity contribution in [2.75, 3.05) is 0 Å². The molecule has 0 bridgehead atoms. The van der Waals surface area contributed by atoms with Gasteiger partial charge in [0.2, 0.25) is 0 Å². The molecule has 3 nitrogen and oxygen atoms in total. The summed E-state index contributed by atoms with van der Waals surface area (Å²) in [5, 5.41) is 25.9. The Hall–Kier alpha value is -1.38. The molecular formula is C6H5O3. The Kier molecular flexibility index (Phi) is 1.18. The Bertz CT molecular complexity index is 220. The second-order valence-corrected chi connectivity index (χ2v) is 1.59. The zero-order chi connectivity index (χ0) is 6.85. The molecule has 0 saturated carbocycles. The van der Waals surface area contributed by atoms with Gasteiger partial charge in [-0.15, -0.1) is 0 Å². The highest BCUT2D eigenvalue weighted by Crippen LogP contribution is 2.26. The van der Waals surface area contributed by atoms with Gasteiger partial charge in [-0.25, -0.2) is 0 Å². The van der Waals surface area contributed by atoms with Crippen molar-refractivity contribution in [3.8, 4) is 17.2 Å². The van der Waals surface area contributed by atoms with Gasteiger partial charge in [0.25, 0.3) is 0 Å². The Labute approximate surface area is 51.8 Å². The van der Waals surface area contributed by atoms with E-state index in [9.17, 15) is 0 Å². The van der Waals surface area contributed by atoms with Crippen LogP contribution < -0.4 is 0 Å². The maximum absolute atomic E-state index is 8.67. The molecule has 0 aromatic heterocycles. The lowest BCUT2D eigenvalue weighted by Gasteiger charge is -1.94. The lowest BCUT2D eigenvalue weighted by Crippen LogP contribution is -1.67. The Morgan fingerprint density at radius 1 is 1.11 bits per heavy atom. The van der Waals surface area contributed by atoms with Crippen molar-refractivity contribution in [3.05, 3.63) is 18.2 Å². The molecule has 0 unspecified atom stereocenters. The van der Waals surface area contributed by atoms with E-state index in [0.29, 0.717) is 0 Å². The Morgan fingerprint density at radius 3 is 2.22 bits per heavy atom. The number of aromatic hydroxyl groups is 3. The van der Waals surface area contributed by atoms with Crippen molar-refractivity contribution in [1.29, 1.82) is 0 Å². The fourth-order valence-corrected chi connectivity index (χ4v) is 0.461. The molecule has 0 atom stereocenters. The largest absolute Gasteiger partial charge is 0.507 e.